The number of nitrogens with one attached hydrogen (secondary N) is 2. The lowest BCUT2D eigenvalue weighted by Gasteiger charge is -2.19. The van der Waals surface area contributed by atoms with E-state index in [4.69, 9.17) is 5.73 Å². The summed E-state index contributed by atoms with van der Waals surface area (Å²) in [7, 11) is -3.24. The standard InChI is InChI=1S/C24H25FN4O3S/c1-33(31,32)28-20-12-13-29(15-20)21-9-4-17(5-10-21)24(30)27-23-14-18(6-11-22(23)26)16-2-7-19(25)8-3-16/h2-11,14,20,28H,12-13,15,26H2,1H3,(H,27,30)/t20-/m1/s1. The third-order valence-corrected chi connectivity index (χ3v) is 6.30. The van der Waals surface area contributed by atoms with Gasteiger partial charge in [0.15, 0.2) is 0 Å². The highest BCUT2D eigenvalue weighted by atomic mass is 32.2. The van der Waals surface area contributed by atoms with Crippen molar-refractivity contribution < 1.29 is 17.6 Å². The molecule has 7 nitrogen and oxygen atoms in total. The third kappa shape index (κ3) is 5.68. The predicted molar refractivity (Wildman–Crippen MR) is 129 cm³/mol. The van der Waals surface area contributed by atoms with Gasteiger partial charge in [0.2, 0.25) is 10.0 Å². The Labute approximate surface area is 192 Å². The van der Waals surface area contributed by atoms with Crippen LogP contribution in [-0.2, 0) is 10.0 Å². The molecule has 0 spiro atoms. The average Bonchev–Trinajstić information content (AvgIpc) is 3.22. The zero-order valence-electron chi connectivity index (χ0n) is 18.1. The van der Waals surface area contributed by atoms with Crippen LogP contribution >= 0.6 is 0 Å². The molecule has 1 heterocycles. The van der Waals surface area contributed by atoms with Crippen molar-refractivity contribution in [1.82, 2.24) is 4.72 Å². The van der Waals surface area contributed by atoms with Crippen molar-refractivity contribution in [1.29, 1.82) is 0 Å². The maximum absolute atomic E-state index is 13.2. The molecular formula is C24H25FN4O3S. The van der Waals surface area contributed by atoms with Gasteiger partial charge in [-0.1, -0.05) is 18.2 Å². The van der Waals surface area contributed by atoms with Gasteiger partial charge in [0.25, 0.3) is 5.91 Å². The number of hydrogen-bond acceptors (Lipinski definition) is 5. The highest BCUT2D eigenvalue weighted by Gasteiger charge is 2.25. The van der Waals surface area contributed by atoms with Gasteiger partial charge < -0.3 is 16.0 Å². The number of benzene rings is 3. The molecule has 172 valence electrons. The molecule has 0 bridgehead atoms. The van der Waals surface area contributed by atoms with Crippen LogP contribution in [0, 0.1) is 5.82 Å². The van der Waals surface area contributed by atoms with Gasteiger partial charge in [0.05, 0.1) is 17.6 Å². The van der Waals surface area contributed by atoms with E-state index in [1.54, 1.807) is 36.4 Å². The molecule has 0 radical (unpaired) electrons. The molecular weight excluding hydrogens is 443 g/mol. The Morgan fingerprint density at radius 1 is 1.03 bits per heavy atom. The number of nitrogens with two attached hydrogens (primary N) is 1. The van der Waals surface area contributed by atoms with Crippen LogP contribution in [0.25, 0.3) is 11.1 Å². The van der Waals surface area contributed by atoms with Crippen molar-refractivity contribution in [2.45, 2.75) is 12.5 Å². The van der Waals surface area contributed by atoms with Crippen molar-refractivity contribution in [3.63, 3.8) is 0 Å². The van der Waals surface area contributed by atoms with Crippen molar-refractivity contribution >= 4 is 33.0 Å². The summed E-state index contributed by atoms with van der Waals surface area (Å²) in [5.41, 5.74) is 9.95. The predicted octanol–water partition coefficient (Wildman–Crippen LogP) is 3.46. The smallest absolute Gasteiger partial charge is 0.255 e. The van der Waals surface area contributed by atoms with E-state index < -0.39 is 10.0 Å². The molecule has 0 saturated carbocycles. The molecule has 3 aromatic carbocycles. The summed E-state index contributed by atoms with van der Waals surface area (Å²) in [6.07, 6.45) is 1.88. The van der Waals surface area contributed by atoms with Gasteiger partial charge in [-0.25, -0.2) is 17.5 Å². The fourth-order valence-electron chi connectivity index (χ4n) is 3.90. The maximum atomic E-state index is 13.2. The minimum atomic E-state index is -3.24. The molecule has 33 heavy (non-hydrogen) atoms. The molecule has 3 aromatic rings. The number of nitrogen functional groups attached to an aromatic ring is 1. The van der Waals surface area contributed by atoms with Gasteiger partial charge in [0, 0.05) is 30.4 Å². The van der Waals surface area contributed by atoms with Crippen molar-refractivity contribution in [3.8, 4) is 11.1 Å². The molecule has 1 aliphatic rings. The summed E-state index contributed by atoms with van der Waals surface area (Å²) in [4.78, 5) is 14.9. The van der Waals surface area contributed by atoms with Gasteiger partial charge in [0.1, 0.15) is 5.82 Å². The first kappa shape index (κ1) is 22.8. The van der Waals surface area contributed by atoms with Crippen LogP contribution in [0.15, 0.2) is 66.7 Å². The van der Waals surface area contributed by atoms with Crippen LogP contribution in [0.2, 0.25) is 0 Å². The molecule has 1 fully saturated rings. The van der Waals surface area contributed by atoms with Gasteiger partial charge in [-0.3, -0.25) is 4.79 Å². The second kappa shape index (κ2) is 9.21. The first-order valence-electron chi connectivity index (χ1n) is 10.5. The SMILES string of the molecule is CS(=O)(=O)N[C@@H]1CCN(c2ccc(C(=O)Nc3cc(-c4ccc(F)cc4)ccc3N)cc2)C1. The minimum absolute atomic E-state index is 0.126. The van der Waals surface area contributed by atoms with E-state index in [0.717, 1.165) is 36.0 Å². The van der Waals surface area contributed by atoms with E-state index in [2.05, 4.69) is 14.9 Å². The monoisotopic (exact) mass is 468 g/mol. The molecule has 1 saturated heterocycles. The zero-order chi connectivity index (χ0) is 23.6. The number of carbonyl (C=O) groups is 1. The number of sulfonamides is 1. The lowest BCUT2D eigenvalue weighted by Crippen LogP contribution is -2.36. The van der Waals surface area contributed by atoms with Gasteiger partial charge in [-0.15, -0.1) is 0 Å². The molecule has 1 amide bonds. The van der Waals surface area contributed by atoms with Crippen LogP contribution in [0.5, 0.6) is 0 Å². The van der Waals surface area contributed by atoms with E-state index in [0.29, 0.717) is 23.5 Å². The van der Waals surface area contributed by atoms with E-state index in [1.165, 1.54) is 12.1 Å². The van der Waals surface area contributed by atoms with Crippen molar-refractivity contribution in [2.75, 3.05) is 35.3 Å². The molecule has 1 atom stereocenters. The molecule has 0 aromatic heterocycles. The Balaban J connectivity index is 1.44. The largest absolute Gasteiger partial charge is 0.397 e. The lowest BCUT2D eigenvalue weighted by atomic mass is 10.0. The first-order valence-corrected chi connectivity index (χ1v) is 12.4. The number of nitrogens with zero attached hydrogens (tertiary/aromatic N) is 1. The van der Waals surface area contributed by atoms with Gasteiger partial charge in [-0.2, -0.15) is 0 Å². The Hall–Kier alpha value is -3.43. The molecule has 0 unspecified atom stereocenters. The summed E-state index contributed by atoms with van der Waals surface area (Å²) in [6.45, 7) is 1.30. The van der Waals surface area contributed by atoms with Crippen LogP contribution in [0.4, 0.5) is 21.5 Å². The second-order valence-corrected chi connectivity index (χ2v) is 9.91. The fraction of sp³-hybridized carbons (Fsp3) is 0.208. The third-order valence-electron chi connectivity index (χ3n) is 5.54. The Morgan fingerprint density at radius 2 is 1.70 bits per heavy atom. The van der Waals surface area contributed by atoms with E-state index in [9.17, 15) is 17.6 Å². The van der Waals surface area contributed by atoms with E-state index >= 15 is 0 Å². The summed E-state index contributed by atoms with van der Waals surface area (Å²) < 4.78 is 38.7. The van der Waals surface area contributed by atoms with Gasteiger partial charge >= 0.3 is 0 Å². The minimum Gasteiger partial charge on any atom is -0.397 e. The average molecular weight is 469 g/mol. The van der Waals surface area contributed by atoms with E-state index in [-0.39, 0.29) is 17.8 Å². The van der Waals surface area contributed by atoms with Gasteiger partial charge in [-0.05, 0) is 66.1 Å². The summed E-state index contributed by atoms with van der Waals surface area (Å²) >= 11 is 0. The van der Waals surface area contributed by atoms with Crippen molar-refractivity contribution in [2.24, 2.45) is 0 Å². The number of rotatable bonds is 6. The Kier molecular flexibility index (Phi) is 6.35. The highest BCUT2D eigenvalue weighted by molar-refractivity contribution is 7.88. The highest BCUT2D eigenvalue weighted by Crippen LogP contribution is 2.28. The number of amides is 1. The van der Waals surface area contributed by atoms with Crippen LogP contribution in [0.3, 0.4) is 0 Å². The lowest BCUT2D eigenvalue weighted by molar-refractivity contribution is 0.102. The number of anilines is 3. The normalized spacial score (nSPS) is 16.1. The molecule has 4 rings (SSSR count). The maximum Gasteiger partial charge on any atom is 0.255 e. The molecule has 9 heteroatoms. The van der Waals surface area contributed by atoms with Crippen LogP contribution in [0.1, 0.15) is 16.8 Å². The van der Waals surface area contributed by atoms with Crippen LogP contribution in [-0.4, -0.2) is 39.7 Å². The topological polar surface area (TPSA) is 105 Å². The first-order chi connectivity index (χ1) is 15.7. The quantitative estimate of drug-likeness (QED) is 0.481. The summed E-state index contributed by atoms with van der Waals surface area (Å²) in [6, 6.07) is 18.4. The summed E-state index contributed by atoms with van der Waals surface area (Å²) in [5.74, 6) is -0.621. The van der Waals surface area contributed by atoms with Crippen molar-refractivity contribution in [3.05, 3.63) is 78.1 Å². The number of hydrogen-bond donors (Lipinski definition) is 3. The van der Waals surface area contributed by atoms with Crippen LogP contribution < -0.4 is 20.7 Å². The number of halogens is 1. The van der Waals surface area contributed by atoms with E-state index in [1.807, 2.05) is 18.2 Å². The second-order valence-electron chi connectivity index (χ2n) is 8.13. The molecule has 0 aliphatic carbocycles. The fourth-order valence-corrected chi connectivity index (χ4v) is 4.70. The summed E-state index contributed by atoms with van der Waals surface area (Å²) in [5, 5.41) is 2.84. The Morgan fingerprint density at radius 3 is 2.36 bits per heavy atom. The molecule has 4 N–H and O–H groups in total. The number of carbonyl (C=O) groups excluding carboxylic acids is 1. The Bertz CT molecular complexity index is 1260. The molecule has 1 aliphatic heterocycles. The zero-order valence-corrected chi connectivity index (χ0v) is 18.9.